The van der Waals surface area contributed by atoms with Crippen LogP contribution in [0.2, 0.25) is 0 Å². The maximum Gasteiger partial charge on any atom is 0.326 e. The molecular formula is C2H7O5PS. The molecule has 2 unspecified atom stereocenters. The zero-order valence-corrected chi connectivity index (χ0v) is 6.39. The minimum absolute atomic E-state index is 0.621. The Hall–Kier alpha value is 0.260. The van der Waals surface area contributed by atoms with Crippen molar-refractivity contribution in [3.05, 3.63) is 0 Å². The van der Waals surface area contributed by atoms with Crippen LogP contribution in [0.25, 0.3) is 0 Å². The Morgan fingerprint density at radius 2 is 2.22 bits per heavy atom. The van der Waals surface area contributed by atoms with Crippen molar-refractivity contribution < 1.29 is 22.7 Å². The second-order valence-corrected chi connectivity index (χ2v) is 4.11. The quantitative estimate of drug-likeness (QED) is 0.464. The number of hydrogen-bond donors (Lipinski definition) is 2. The molecule has 2 atom stereocenters. The summed E-state index contributed by atoms with van der Waals surface area (Å²) in [6.07, 6.45) is 0. The van der Waals surface area contributed by atoms with E-state index in [9.17, 15) is 8.77 Å². The van der Waals surface area contributed by atoms with E-state index in [0.717, 1.165) is 6.66 Å². The summed E-state index contributed by atoms with van der Waals surface area (Å²) in [6.45, 7) is 0.944. The van der Waals surface area contributed by atoms with Gasteiger partial charge in [0.05, 0.1) is 0 Å². The first-order chi connectivity index (χ1) is 3.92. The van der Waals surface area contributed by atoms with E-state index >= 15 is 0 Å². The average molecular weight is 174 g/mol. The van der Waals surface area contributed by atoms with E-state index in [2.05, 4.69) is 4.52 Å². The van der Waals surface area contributed by atoms with Crippen molar-refractivity contribution in [1.82, 2.24) is 0 Å². The van der Waals surface area contributed by atoms with Crippen LogP contribution in [0.5, 0.6) is 0 Å². The molecular weight excluding hydrogens is 167 g/mol. The molecule has 0 aliphatic heterocycles. The molecule has 56 valence electrons. The summed E-state index contributed by atoms with van der Waals surface area (Å²) in [5, 5.41) is 0. The summed E-state index contributed by atoms with van der Waals surface area (Å²) in [4.78, 5) is 8.35. The zero-order valence-electron chi connectivity index (χ0n) is 4.68. The van der Waals surface area contributed by atoms with Crippen LogP contribution in [0.15, 0.2) is 0 Å². The Morgan fingerprint density at radius 1 is 1.78 bits per heavy atom. The minimum atomic E-state index is -3.57. The highest BCUT2D eigenvalue weighted by molar-refractivity contribution is 7.79. The van der Waals surface area contributed by atoms with Crippen molar-refractivity contribution >= 4 is 18.7 Å². The first-order valence-corrected chi connectivity index (χ1v) is 5.24. The van der Waals surface area contributed by atoms with E-state index in [1.165, 1.54) is 0 Å². The van der Waals surface area contributed by atoms with Gasteiger partial charge in [0.25, 0.3) is 0 Å². The van der Waals surface area contributed by atoms with Crippen LogP contribution in [0.3, 0.4) is 0 Å². The Balaban J connectivity index is 3.53. The molecule has 0 aliphatic rings. The summed E-state index contributed by atoms with van der Waals surface area (Å²) >= 11 is -2.17. The molecule has 2 N–H and O–H groups in total. The standard InChI is InChI=1S/C2H7O5PS/c1-8(3,4)7-2-9(5)6/h2H2,1H3,(H,3,4)(H,5,6). The van der Waals surface area contributed by atoms with Gasteiger partial charge in [0.2, 0.25) is 0 Å². The second-order valence-electron chi connectivity index (χ2n) is 1.37. The first-order valence-electron chi connectivity index (χ1n) is 1.94. The van der Waals surface area contributed by atoms with Crippen LogP contribution in [-0.2, 0) is 20.2 Å². The molecule has 0 saturated heterocycles. The van der Waals surface area contributed by atoms with Gasteiger partial charge in [-0.1, -0.05) is 0 Å². The van der Waals surface area contributed by atoms with Gasteiger partial charge in [0.1, 0.15) is 0 Å². The molecule has 0 heterocycles. The van der Waals surface area contributed by atoms with Crippen LogP contribution in [-0.4, -0.2) is 26.3 Å². The molecule has 0 aliphatic carbocycles. The fraction of sp³-hybridized carbons (Fsp3) is 1.00. The summed E-state index contributed by atoms with van der Waals surface area (Å²) in [7, 11) is -3.57. The van der Waals surface area contributed by atoms with Crippen LogP contribution >= 0.6 is 7.60 Å². The van der Waals surface area contributed by atoms with E-state index in [0.29, 0.717) is 0 Å². The number of rotatable bonds is 3. The summed E-state index contributed by atoms with van der Waals surface area (Å²) < 4.78 is 32.1. The van der Waals surface area contributed by atoms with Gasteiger partial charge < -0.3 is 9.45 Å². The van der Waals surface area contributed by atoms with Crippen molar-refractivity contribution in [1.29, 1.82) is 0 Å². The Morgan fingerprint density at radius 3 is 2.33 bits per heavy atom. The molecule has 0 bridgehead atoms. The molecule has 0 radical (unpaired) electrons. The zero-order chi connectivity index (χ0) is 7.49. The fourth-order valence-electron chi connectivity index (χ4n) is 0.143. The molecule has 0 rings (SSSR count). The van der Waals surface area contributed by atoms with Gasteiger partial charge in [-0.2, -0.15) is 0 Å². The fourth-order valence-corrected chi connectivity index (χ4v) is 1.29. The summed E-state index contributed by atoms with van der Waals surface area (Å²) in [6, 6.07) is 0. The van der Waals surface area contributed by atoms with Crippen molar-refractivity contribution in [3.8, 4) is 0 Å². The summed E-state index contributed by atoms with van der Waals surface area (Å²) in [5.74, 6) is -0.621. The molecule has 0 aromatic carbocycles. The monoisotopic (exact) mass is 174 g/mol. The first kappa shape index (κ1) is 9.26. The molecule has 5 nitrogen and oxygen atoms in total. The third-order valence-electron chi connectivity index (χ3n) is 0.393. The van der Waals surface area contributed by atoms with Crippen molar-refractivity contribution in [2.45, 2.75) is 0 Å². The van der Waals surface area contributed by atoms with Gasteiger partial charge in [0.15, 0.2) is 17.0 Å². The topological polar surface area (TPSA) is 83.8 Å². The smallest absolute Gasteiger partial charge is 0.324 e. The largest absolute Gasteiger partial charge is 0.326 e. The van der Waals surface area contributed by atoms with E-state index < -0.39 is 24.6 Å². The van der Waals surface area contributed by atoms with Crippen molar-refractivity contribution in [2.75, 3.05) is 12.6 Å². The predicted octanol–water partition coefficient (Wildman–Crippen LogP) is -0.00260. The SMILES string of the molecule is CP(=O)(O)OCS(=O)O. The van der Waals surface area contributed by atoms with Crippen LogP contribution in [0.1, 0.15) is 0 Å². The lowest BCUT2D eigenvalue weighted by atomic mass is 11.7. The number of hydrogen-bond acceptors (Lipinski definition) is 3. The molecule has 7 heteroatoms. The molecule has 0 spiro atoms. The average Bonchev–Trinajstić information content (AvgIpc) is 1.59. The molecule has 0 fully saturated rings. The normalized spacial score (nSPS) is 20.8. The third-order valence-corrected chi connectivity index (χ3v) is 1.50. The van der Waals surface area contributed by atoms with Gasteiger partial charge in [-0.15, -0.1) is 0 Å². The lowest BCUT2D eigenvalue weighted by molar-refractivity contribution is 0.301. The highest BCUT2D eigenvalue weighted by atomic mass is 32.2. The molecule has 0 aromatic rings. The molecule has 0 saturated carbocycles. The van der Waals surface area contributed by atoms with Crippen LogP contribution < -0.4 is 0 Å². The Kier molecular flexibility index (Phi) is 3.53. The maximum atomic E-state index is 10.2. The molecule has 9 heavy (non-hydrogen) atoms. The Labute approximate surface area is 54.9 Å². The molecule has 0 amide bonds. The highest BCUT2D eigenvalue weighted by Crippen LogP contribution is 2.36. The van der Waals surface area contributed by atoms with Gasteiger partial charge >= 0.3 is 7.60 Å². The lowest BCUT2D eigenvalue weighted by Gasteiger charge is -2.02. The second kappa shape index (κ2) is 3.43. The van der Waals surface area contributed by atoms with Crippen molar-refractivity contribution in [2.24, 2.45) is 0 Å². The van der Waals surface area contributed by atoms with E-state index in [1.807, 2.05) is 0 Å². The maximum absolute atomic E-state index is 10.2. The highest BCUT2D eigenvalue weighted by Gasteiger charge is 2.10. The lowest BCUT2D eigenvalue weighted by Crippen LogP contribution is -1.97. The van der Waals surface area contributed by atoms with E-state index in [1.54, 1.807) is 0 Å². The third kappa shape index (κ3) is 8.26. The van der Waals surface area contributed by atoms with Gasteiger partial charge in [-0.3, -0.25) is 9.09 Å². The van der Waals surface area contributed by atoms with Crippen molar-refractivity contribution in [3.63, 3.8) is 0 Å². The predicted molar refractivity (Wildman–Crippen MR) is 32.5 cm³/mol. The molecule has 0 aromatic heterocycles. The van der Waals surface area contributed by atoms with E-state index in [-0.39, 0.29) is 0 Å². The summed E-state index contributed by atoms with van der Waals surface area (Å²) in [5.41, 5.74) is 0. The minimum Gasteiger partial charge on any atom is -0.324 e. The van der Waals surface area contributed by atoms with Gasteiger partial charge in [0, 0.05) is 6.66 Å². The van der Waals surface area contributed by atoms with Crippen LogP contribution in [0.4, 0.5) is 0 Å². The Bertz CT molecular complexity index is 149. The van der Waals surface area contributed by atoms with E-state index in [4.69, 9.17) is 9.45 Å². The van der Waals surface area contributed by atoms with Crippen LogP contribution in [0, 0.1) is 0 Å². The van der Waals surface area contributed by atoms with Gasteiger partial charge in [-0.05, 0) is 0 Å². The van der Waals surface area contributed by atoms with Gasteiger partial charge in [-0.25, -0.2) is 4.21 Å².